The summed E-state index contributed by atoms with van der Waals surface area (Å²) in [6, 6.07) is 0. The largest absolute Gasteiger partial charge is 0.278 e. The van der Waals surface area contributed by atoms with Crippen molar-refractivity contribution in [2.24, 2.45) is 14.1 Å². The molecule has 0 saturated heterocycles. The SMILES string of the molecule is CSc1nn(C)c2cnn(C)c(=O)c12. The van der Waals surface area contributed by atoms with Crippen LogP contribution in [0.5, 0.6) is 0 Å². The van der Waals surface area contributed by atoms with Gasteiger partial charge in [-0.3, -0.25) is 9.48 Å². The minimum Gasteiger partial charge on any atom is -0.267 e. The molecule has 2 aromatic rings. The Kier molecular flexibility index (Phi) is 2.07. The third-order valence-corrected chi connectivity index (χ3v) is 2.79. The van der Waals surface area contributed by atoms with Crippen LogP contribution in [0.25, 0.3) is 10.9 Å². The van der Waals surface area contributed by atoms with Crippen LogP contribution in [0.3, 0.4) is 0 Å². The van der Waals surface area contributed by atoms with Gasteiger partial charge in [-0.15, -0.1) is 11.8 Å². The number of hydrogen-bond acceptors (Lipinski definition) is 4. The minimum absolute atomic E-state index is 0.0973. The lowest BCUT2D eigenvalue weighted by Crippen LogP contribution is -2.19. The van der Waals surface area contributed by atoms with Gasteiger partial charge in [0.05, 0.1) is 11.7 Å². The topological polar surface area (TPSA) is 52.7 Å². The first-order chi connectivity index (χ1) is 6.65. The van der Waals surface area contributed by atoms with Crippen molar-refractivity contribution in [3.63, 3.8) is 0 Å². The van der Waals surface area contributed by atoms with Gasteiger partial charge < -0.3 is 0 Å². The highest BCUT2D eigenvalue weighted by atomic mass is 32.2. The molecule has 74 valence electrons. The molecule has 14 heavy (non-hydrogen) atoms. The minimum atomic E-state index is -0.0973. The second kappa shape index (κ2) is 3.13. The smallest absolute Gasteiger partial charge is 0.267 e. The Labute approximate surface area is 84.7 Å². The first-order valence-corrected chi connectivity index (χ1v) is 5.30. The molecule has 2 rings (SSSR count). The lowest BCUT2D eigenvalue weighted by atomic mass is 10.4. The van der Waals surface area contributed by atoms with Crippen LogP contribution in [-0.2, 0) is 14.1 Å². The number of aromatic nitrogens is 4. The van der Waals surface area contributed by atoms with Crippen molar-refractivity contribution in [2.75, 3.05) is 6.26 Å². The molecule has 0 fully saturated rings. The van der Waals surface area contributed by atoms with Gasteiger partial charge in [-0.2, -0.15) is 10.2 Å². The van der Waals surface area contributed by atoms with Crippen molar-refractivity contribution < 1.29 is 0 Å². The van der Waals surface area contributed by atoms with Gasteiger partial charge in [0, 0.05) is 14.1 Å². The molecule has 5 nitrogen and oxygen atoms in total. The van der Waals surface area contributed by atoms with Crippen LogP contribution >= 0.6 is 11.8 Å². The fraction of sp³-hybridized carbons (Fsp3) is 0.375. The van der Waals surface area contributed by atoms with E-state index in [0.717, 1.165) is 10.5 Å². The summed E-state index contributed by atoms with van der Waals surface area (Å²) in [5, 5.41) is 9.59. The number of aryl methyl sites for hydroxylation is 2. The van der Waals surface area contributed by atoms with E-state index in [1.165, 1.54) is 16.4 Å². The summed E-state index contributed by atoms with van der Waals surface area (Å²) in [6.45, 7) is 0. The molecule has 0 aliphatic rings. The summed E-state index contributed by atoms with van der Waals surface area (Å²) in [5.74, 6) is 0. The van der Waals surface area contributed by atoms with Crippen LogP contribution in [-0.4, -0.2) is 25.8 Å². The fourth-order valence-corrected chi connectivity index (χ4v) is 1.96. The highest BCUT2D eigenvalue weighted by Crippen LogP contribution is 2.20. The standard InChI is InChI=1S/C8H10N4OS/c1-11-5-4-9-12(2)8(13)6(5)7(10-11)14-3/h4H,1-3H3. The summed E-state index contributed by atoms with van der Waals surface area (Å²) >= 11 is 1.47. The van der Waals surface area contributed by atoms with E-state index in [0.29, 0.717) is 5.39 Å². The van der Waals surface area contributed by atoms with Crippen molar-refractivity contribution in [3.05, 3.63) is 16.6 Å². The summed E-state index contributed by atoms with van der Waals surface area (Å²) in [7, 11) is 3.45. The zero-order valence-corrected chi connectivity index (χ0v) is 9.00. The monoisotopic (exact) mass is 210 g/mol. The van der Waals surface area contributed by atoms with Crippen LogP contribution in [0.1, 0.15) is 0 Å². The van der Waals surface area contributed by atoms with Gasteiger partial charge in [-0.25, -0.2) is 4.68 Å². The molecule has 0 atom stereocenters. The zero-order valence-electron chi connectivity index (χ0n) is 8.18. The average Bonchev–Trinajstić information content (AvgIpc) is 2.50. The van der Waals surface area contributed by atoms with E-state index in [4.69, 9.17) is 0 Å². The Bertz CT molecular complexity index is 542. The maximum absolute atomic E-state index is 11.8. The maximum atomic E-state index is 11.8. The van der Waals surface area contributed by atoms with Crippen LogP contribution in [0, 0.1) is 0 Å². The van der Waals surface area contributed by atoms with Gasteiger partial charge in [-0.05, 0) is 6.26 Å². The molecule has 2 aromatic heterocycles. The quantitative estimate of drug-likeness (QED) is 0.639. The van der Waals surface area contributed by atoms with E-state index in [-0.39, 0.29) is 5.56 Å². The lowest BCUT2D eigenvalue weighted by molar-refractivity contribution is 0.713. The van der Waals surface area contributed by atoms with E-state index in [2.05, 4.69) is 10.2 Å². The van der Waals surface area contributed by atoms with Crippen molar-refractivity contribution >= 4 is 22.7 Å². The highest BCUT2D eigenvalue weighted by Gasteiger charge is 2.12. The van der Waals surface area contributed by atoms with E-state index < -0.39 is 0 Å². The molecule has 0 bridgehead atoms. The van der Waals surface area contributed by atoms with E-state index in [1.807, 2.05) is 13.3 Å². The number of thioether (sulfide) groups is 1. The first kappa shape index (κ1) is 9.26. The zero-order chi connectivity index (χ0) is 10.3. The Morgan fingerprint density at radius 1 is 1.36 bits per heavy atom. The Morgan fingerprint density at radius 2 is 2.07 bits per heavy atom. The molecular weight excluding hydrogens is 200 g/mol. The molecule has 0 saturated carbocycles. The number of rotatable bonds is 1. The first-order valence-electron chi connectivity index (χ1n) is 4.08. The molecule has 0 aromatic carbocycles. The van der Waals surface area contributed by atoms with Gasteiger partial charge in [0.25, 0.3) is 5.56 Å². The Hall–Kier alpha value is -1.30. The molecule has 2 heterocycles. The second-order valence-corrected chi connectivity index (χ2v) is 3.76. The van der Waals surface area contributed by atoms with Gasteiger partial charge in [0.15, 0.2) is 0 Å². The number of nitrogens with zero attached hydrogens (tertiary/aromatic N) is 4. The van der Waals surface area contributed by atoms with E-state index in [1.54, 1.807) is 17.9 Å². The molecule has 0 unspecified atom stereocenters. The van der Waals surface area contributed by atoms with Gasteiger partial charge in [0.2, 0.25) is 0 Å². The van der Waals surface area contributed by atoms with Crippen LogP contribution in [0.2, 0.25) is 0 Å². The van der Waals surface area contributed by atoms with E-state index in [9.17, 15) is 4.79 Å². The highest BCUT2D eigenvalue weighted by molar-refractivity contribution is 7.98. The molecule has 6 heteroatoms. The van der Waals surface area contributed by atoms with Crippen LogP contribution in [0.15, 0.2) is 16.0 Å². The van der Waals surface area contributed by atoms with Gasteiger partial charge in [-0.1, -0.05) is 0 Å². The molecular formula is C8H10N4OS. The van der Waals surface area contributed by atoms with Gasteiger partial charge in [0.1, 0.15) is 10.4 Å². The maximum Gasteiger partial charge on any atom is 0.278 e. The predicted octanol–water partition coefficient (Wildman–Crippen LogP) is 0.389. The third-order valence-electron chi connectivity index (χ3n) is 2.11. The summed E-state index contributed by atoms with van der Waals surface area (Å²) < 4.78 is 3.00. The van der Waals surface area contributed by atoms with Crippen molar-refractivity contribution in [2.45, 2.75) is 5.03 Å². The molecule has 0 spiro atoms. The van der Waals surface area contributed by atoms with Crippen LogP contribution in [0.4, 0.5) is 0 Å². The summed E-state index contributed by atoms with van der Waals surface area (Å²) in [4.78, 5) is 11.8. The summed E-state index contributed by atoms with van der Waals surface area (Å²) in [5.41, 5.74) is 0.678. The molecule has 0 N–H and O–H groups in total. The fourth-order valence-electron chi connectivity index (χ4n) is 1.36. The van der Waals surface area contributed by atoms with Crippen molar-refractivity contribution in [1.82, 2.24) is 19.6 Å². The van der Waals surface area contributed by atoms with E-state index >= 15 is 0 Å². The van der Waals surface area contributed by atoms with Gasteiger partial charge >= 0.3 is 0 Å². The Balaban J connectivity index is 2.99. The normalized spacial score (nSPS) is 11.1. The lowest BCUT2D eigenvalue weighted by Gasteiger charge is -1.96. The Morgan fingerprint density at radius 3 is 2.71 bits per heavy atom. The third kappa shape index (κ3) is 1.14. The number of fused-ring (bicyclic) bond motifs is 1. The second-order valence-electron chi connectivity index (χ2n) is 2.97. The van der Waals surface area contributed by atoms with Crippen molar-refractivity contribution in [1.29, 1.82) is 0 Å². The molecule has 0 aliphatic heterocycles. The number of hydrogen-bond donors (Lipinski definition) is 0. The van der Waals surface area contributed by atoms with Crippen LogP contribution < -0.4 is 5.56 Å². The molecule has 0 aliphatic carbocycles. The predicted molar refractivity (Wildman–Crippen MR) is 55.5 cm³/mol. The van der Waals surface area contributed by atoms with Crippen molar-refractivity contribution in [3.8, 4) is 0 Å². The molecule has 0 amide bonds. The molecule has 0 radical (unpaired) electrons. The summed E-state index contributed by atoms with van der Waals surface area (Å²) in [6.07, 6.45) is 3.56. The average molecular weight is 210 g/mol.